The van der Waals surface area contributed by atoms with Crippen molar-refractivity contribution >= 4 is 0 Å². The van der Waals surface area contributed by atoms with Crippen LogP contribution >= 0.6 is 0 Å². The van der Waals surface area contributed by atoms with E-state index in [-0.39, 0.29) is 0 Å². The van der Waals surface area contributed by atoms with Crippen molar-refractivity contribution in [2.45, 2.75) is 26.7 Å². The van der Waals surface area contributed by atoms with Gasteiger partial charge in [0.05, 0.1) is 13.7 Å². The summed E-state index contributed by atoms with van der Waals surface area (Å²) in [5, 5.41) is 0. The summed E-state index contributed by atoms with van der Waals surface area (Å²) in [5.41, 5.74) is 2.04. The van der Waals surface area contributed by atoms with Crippen molar-refractivity contribution in [3.63, 3.8) is 0 Å². The number of nitrogens with zero attached hydrogens (tertiary/aromatic N) is 1. The minimum absolute atomic E-state index is 0.534. The summed E-state index contributed by atoms with van der Waals surface area (Å²) in [5.74, 6) is 2.12. The normalized spacial score (nSPS) is 10.5. The van der Waals surface area contributed by atoms with Crippen molar-refractivity contribution in [1.29, 1.82) is 0 Å². The van der Waals surface area contributed by atoms with Gasteiger partial charge in [-0.3, -0.25) is 0 Å². The van der Waals surface area contributed by atoms with Crippen molar-refractivity contribution in [1.82, 2.24) is 4.98 Å². The molecule has 0 spiro atoms. The van der Waals surface area contributed by atoms with Gasteiger partial charge >= 0.3 is 5.95 Å². The molecule has 0 bridgehead atoms. The molecule has 0 aliphatic carbocycles. The maximum absolute atomic E-state index is 5.56. The molecule has 0 aliphatic rings. The monoisotopic (exact) mass is 261 g/mol. The molecule has 0 saturated carbocycles. The van der Waals surface area contributed by atoms with Gasteiger partial charge in [-0.2, -0.15) is 0 Å². The molecule has 102 valence electrons. The Bertz CT molecular complexity index is 517. The number of aryl methyl sites for hydroxylation is 3. The van der Waals surface area contributed by atoms with Crippen molar-refractivity contribution in [2.24, 2.45) is 0 Å². The molecule has 4 heteroatoms. The predicted octanol–water partition coefficient (Wildman–Crippen LogP) is 3.18. The van der Waals surface area contributed by atoms with Crippen molar-refractivity contribution in [3.8, 4) is 11.7 Å². The van der Waals surface area contributed by atoms with E-state index >= 15 is 0 Å². The van der Waals surface area contributed by atoms with Crippen LogP contribution in [0.25, 0.3) is 0 Å². The molecule has 0 unspecified atom stereocenters. The van der Waals surface area contributed by atoms with Gasteiger partial charge in [0, 0.05) is 6.42 Å². The van der Waals surface area contributed by atoms with E-state index in [1.807, 2.05) is 26.0 Å². The van der Waals surface area contributed by atoms with Crippen LogP contribution in [0.4, 0.5) is 0 Å². The number of oxazole rings is 1. The van der Waals surface area contributed by atoms with Gasteiger partial charge in [0.25, 0.3) is 0 Å². The summed E-state index contributed by atoms with van der Waals surface area (Å²) in [6, 6.07) is 8.03. The Kier molecular flexibility index (Phi) is 4.44. The molecule has 0 amide bonds. The lowest BCUT2D eigenvalue weighted by Crippen LogP contribution is -1.92. The molecule has 0 atom stereocenters. The van der Waals surface area contributed by atoms with Crippen LogP contribution in [0.3, 0.4) is 0 Å². The van der Waals surface area contributed by atoms with E-state index in [0.29, 0.717) is 12.6 Å². The molecule has 0 radical (unpaired) electrons. The average molecular weight is 261 g/mol. The van der Waals surface area contributed by atoms with Gasteiger partial charge in [0.1, 0.15) is 11.4 Å². The first-order valence-electron chi connectivity index (χ1n) is 6.45. The molecular formula is C15H19NO3. The van der Waals surface area contributed by atoms with Crippen molar-refractivity contribution in [3.05, 3.63) is 41.4 Å². The Hall–Kier alpha value is -1.97. The molecule has 1 aromatic carbocycles. The molecule has 0 N–H and O–H groups in total. The number of hydrogen-bond acceptors (Lipinski definition) is 4. The molecule has 0 aliphatic heterocycles. The first kappa shape index (κ1) is 13.5. The van der Waals surface area contributed by atoms with E-state index in [9.17, 15) is 0 Å². The summed E-state index contributed by atoms with van der Waals surface area (Å²) in [6.07, 6.45) is 1.65. The van der Waals surface area contributed by atoms with E-state index in [2.05, 4.69) is 17.1 Å². The first-order chi connectivity index (χ1) is 9.22. The smallest absolute Gasteiger partial charge is 0.308 e. The molecule has 1 aromatic heterocycles. The third-order valence-corrected chi connectivity index (χ3v) is 2.86. The van der Waals surface area contributed by atoms with E-state index < -0.39 is 0 Å². The summed E-state index contributed by atoms with van der Waals surface area (Å²) in [7, 11) is 1.67. The lowest BCUT2D eigenvalue weighted by atomic mass is 10.1. The zero-order valence-corrected chi connectivity index (χ0v) is 11.6. The summed E-state index contributed by atoms with van der Waals surface area (Å²) < 4.78 is 16.0. The molecule has 4 nitrogen and oxygen atoms in total. The quantitative estimate of drug-likeness (QED) is 0.801. The van der Waals surface area contributed by atoms with Crippen LogP contribution in [-0.4, -0.2) is 18.7 Å². The van der Waals surface area contributed by atoms with Gasteiger partial charge in [0.2, 0.25) is 0 Å². The molecule has 1 heterocycles. The number of benzene rings is 1. The SMILES string of the molecule is CCOc1oc(CCc2ccc(OC)cc2)nc1C. The molecule has 19 heavy (non-hydrogen) atoms. The fraction of sp³-hybridized carbons (Fsp3) is 0.400. The van der Waals surface area contributed by atoms with Crippen LogP contribution in [0.1, 0.15) is 24.1 Å². The maximum atomic E-state index is 5.56. The minimum Gasteiger partial charge on any atom is -0.497 e. The van der Waals surface area contributed by atoms with Gasteiger partial charge in [-0.1, -0.05) is 12.1 Å². The zero-order chi connectivity index (χ0) is 13.7. The highest BCUT2D eigenvalue weighted by Crippen LogP contribution is 2.20. The van der Waals surface area contributed by atoms with Crippen LogP contribution in [0.5, 0.6) is 11.7 Å². The lowest BCUT2D eigenvalue weighted by Gasteiger charge is -2.02. The summed E-state index contributed by atoms with van der Waals surface area (Å²) >= 11 is 0. The van der Waals surface area contributed by atoms with Gasteiger partial charge in [-0.05, 0) is 38.0 Å². The number of ether oxygens (including phenoxy) is 2. The molecule has 2 rings (SSSR count). The van der Waals surface area contributed by atoms with Crippen LogP contribution < -0.4 is 9.47 Å². The Morgan fingerprint density at radius 2 is 1.89 bits per heavy atom. The molecule has 2 aromatic rings. The van der Waals surface area contributed by atoms with E-state index in [1.54, 1.807) is 7.11 Å². The second-order valence-corrected chi connectivity index (χ2v) is 4.26. The van der Waals surface area contributed by atoms with Crippen molar-refractivity contribution in [2.75, 3.05) is 13.7 Å². The van der Waals surface area contributed by atoms with Gasteiger partial charge < -0.3 is 13.9 Å². The van der Waals surface area contributed by atoms with E-state index in [1.165, 1.54) is 5.56 Å². The van der Waals surface area contributed by atoms with Crippen LogP contribution in [0.2, 0.25) is 0 Å². The fourth-order valence-electron chi connectivity index (χ4n) is 1.85. The first-order valence-corrected chi connectivity index (χ1v) is 6.45. The zero-order valence-electron chi connectivity index (χ0n) is 11.6. The fourth-order valence-corrected chi connectivity index (χ4v) is 1.85. The Morgan fingerprint density at radius 3 is 2.53 bits per heavy atom. The van der Waals surface area contributed by atoms with Crippen LogP contribution in [0, 0.1) is 6.92 Å². The number of aromatic nitrogens is 1. The summed E-state index contributed by atoms with van der Waals surface area (Å²) in [4.78, 5) is 4.36. The van der Waals surface area contributed by atoms with Gasteiger partial charge in [0.15, 0.2) is 5.89 Å². The Labute approximate surface area is 113 Å². The van der Waals surface area contributed by atoms with E-state index in [0.717, 1.165) is 30.2 Å². The highest BCUT2D eigenvalue weighted by atomic mass is 16.6. The van der Waals surface area contributed by atoms with Crippen LogP contribution in [-0.2, 0) is 12.8 Å². The minimum atomic E-state index is 0.534. The standard InChI is InChI=1S/C15H19NO3/c1-4-18-15-11(2)16-14(19-15)10-7-12-5-8-13(17-3)9-6-12/h5-6,8-9H,4,7,10H2,1-3H3. The van der Waals surface area contributed by atoms with E-state index in [4.69, 9.17) is 13.9 Å². The van der Waals surface area contributed by atoms with Crippen molar-refractivity contribution < 1.29 is 13.9 Å². The number of hydrogen-bond donors (Lipinski definition) is 0. The molecular weight excluding hydrogens is 242 g/mol. The second kappa shape index (κ2) is 6.27. The largest absolute Gasteiger partial charge is 0.497 e. The van der Waals surface area contributed by atoms with Gasteiger partial charge in [-0.15, -0.1) is 0 Å². The third kappa shape index (κ3) is 3.50. The average Bonchev–Trinajstić information content (AvgIpc) is 2.78. The summed E-state index contributed by atoms with van der Waals surface area (Å²) in [6.45, 7) is 4.41. The topological polar surface area (TPSA) is 44.5 Å². The second-order valence-electron chi connectivity index (χ2n) is 4.26. The van der Waals surface area contributed by atoms with Crippen LogP contribution in [0.15, 0.2) is 28.7 Å². The molecule has 0 saturated heterocycles. The lowest BCUT2D eigenvalue weighted by molar-refractivity contribution is 0.248. The Balaban J connectivity index is 1.95. The highest BCUT2D eigenvalue weighted by molar-refractivity contribution is 5.27. The number of methoxy groups -OCH3 is 1. The number of rotatable bonds is 6. The maximum Gasteiger partial charge on any atom is 0.308 e. The third-order valence-electron chi connectivity index (χ3n) is 2.86. The highest BCUT2D eigenvalue weighted by Gasteiger charge is 2.10. The predicted molar refractivity (Wildman–Crippen MR) is 72.8 cm³/mol. The van der Waals surface area contributed by atoms with Gasteiger partial charge in [-0.25, -0.2) is 4.98 Å². The molecule has 0 fully saturated rings. The Morgan fingerprint density at radius 1 is 1.16 bits per heavy atom.